The van der Waals surface area contributed by atoms with E-state index in [9.17, 15) is 0 Å². The molecule has 0 atom stereocenters. The van der Waals surface area contributed by atoms with Crippen molar-refractivity contribution >= 4 is 33.3 Å². The van der Waals surface area contributed by atoms with Gasteiger partial charge in [0, 0.05) is 11.4 Å². The third-order valence-corrected chi connectivity index (χ3v) is 5.06. The molecule has 1 aromatic heterocycles. The van der Waals surface area contributed by atoms with E-state index in [1.165, 1.54) is 20.2 Å². The van der Waals surface area contributed by atoms with Crippen LogP contribution < -0.4 is 5.73 Å². The predicted octanol–water partition coefficient (Wildman–Crippen LogP) is 4.05. The lowest BCUT2D eigenvalue weighted by molar-refractivity contribution is 1.06. The molecule has 0 saturated heterocycles. The van der Waals surface area contributed by atoms with Gasteiger partial charge in [-0.2, -0.15) is 0 Å². The molecular formula is C15H14N2S2. The molecule has 0 saturated carbocycles. The summed E-state index contributed by atoms with van der Waals surface area (Å²) in [5.41, 5.74) is 7.93. The first-order valence-electron chi connectivity index (χ1n) is 6.11. The average Bonchev–Trinajstić information content (AvgIpc) is 2.88. The van der Waals surface area contributed by atoms with Gasteiger partial charge in [0.15, 0.2) is 0 Å². The monoisotopic (exact) mass is 286 g/mol. The van der Waals surface area contributed by atoms with Gasteiger partial charge in [-0.1, -0.05) is 24.3 Å². The summed E-state index contributed by atoms with van der Waals surface area (Å²) >= 11 is 3.58. The molecule has 1 heterocycles. The molecule has 0 aliphatic heterocycles. The molecule has 0 radical (unpaired) electrons. The van der Waals surface area contributed by atoms with Gasteiger partial charge < -0.3 is 5.73 Å². The van der Waals surface area contributed by atoms with Gasteiger partial charge in [-0.25, -0.2) is 4.98 Å². The van der Waals surface area contributed by atoms with E-state index in [2.05, 4.69) is 47.4 Å². The van der Waals surface area contributed by atoms with Crippen LogP contribution in [0, 0.1) is 0 Å². The van der Waals surface area contributed by atoms with Crippen LogP contribution in [-0.4, -0.2) is 4.98 Å². The maximum absolute atomic E-state index is 5.66. The van der Waals surface area contributed by atoms with Crippen molar-refractivity contribution in [1.29, 1.82) is 0 Å². The fraction of sp³-hybridized carbons (Fsp3) is 0.133. The molecular weight excluding hydrogens is 272 g/mol. The lowest BCUT2D eigenvalue weighted by Crippen LogP contribution is -1.95. The Hall–Kier alpha value is -1.36. The van der Waals surface area contributed by atoms with Gasteiger partial charge >= 0.3 is 0 Å². The smallest absolute Gasteiger partial charge is 0.104 e. The van der Waals surface area contributed by atoms with Gasteiger partial charge in [-0.15, -0.1) is 23.1 Å². The van der Waals surface area contributed by atoms with Gasteiger partial charge in [0.25, 0.3) is 0 Å². The number of para-hydroxylation sites is 1. The summed E-state index contributed by atoms with van der Waals surface area (Å²) < 4.78 is 1.26. The lowest BCUT2D eigenvalue weighted by atomic mass is 10.2. The van der Waals surface area contributed by atoms with Crippen molar-refractivity contribution in [3.8, 4) is 0 Å². The Labute approximate surface area is 120 Å². The minimum atomic E-state index is 0.593. The first-order chi connectivity index (χ1) is 9.35. The summed E-state index contributed by atoms with van der Waals surface area (Å²) in [5.74, 6) is 0.910. The zero-order chi connectivity index (χ0) is 13.1. The van der Waals surface area contributed by atoms with E-state index in [0.29, 0.717) is 6.54 Å². The topological polar surface area (TPSA) is 38.9 Å². The van der Waals surface area contributed by atoms with Crippen molar-refractivity contribution in [3.63, 3.8) is 0 Å². The maximum atomic E-state index is 5.66. The van der Waals surface area contributed by atoms with Crippen LogP contribution in [0.4, 0.5) is 0 Å². The summed E-state index contributed by atoms with van der Waals surface area (Å²) in [6.45, 7) is 0.593. The van der Waals surface area contributed by atoms with Gasteiger partial charge in [0.2, 0.25) is 0 Å². The molecule has 0 aliphatic rings. The first kappa shape index (κ1) is 12.7. The molecule has 96 valence electrons. The zero-order valence-corrected chi connectivity index (χ0v) is 12.0. The van der Waals surface area contributed by atoms with Crippen molar-refractivity contribution in [2.24, 2.45) is 5.73 Å². The molecule has 2 nitrogen and oxygen atoms in total. The van der Waals surface area contributed by atoms with Crippen LogP contribution in [0.5, 0.6) is 0 Å². The highest BCUT2D eigenvalue weighted by Crippen LogP contribution is 2.28. The molecule has 0 aliphatic carbocycles. The van der Waals surface area contributed by atoms with E-state index < -0.39 is 0 Å². The van der Waals surface area contributed by atoms with E-state index in [0.717, 1.165) is 11.3 Å². The highest BCUT2D eigenvalue weighted by Gasteiger charge is 2.04. The van der Waals surface area contributed by atoms with Crippen LogP contribution in [0.1, 0.15) is 10.6 Å². The number of nitrogens with two attached hydrogens (primary N) is 1. The molecule has 4 heteroatoms. The zero-order valence-electron chi connectivity index (χ0n) is 10.4. The normalized spacial score (nSPS) is 11.0. The number of benzene rings is 2. The predicted molar refractivity (Wildman–Crippen MR) is 83.5 cm³/mol. The minimum absolute atomic E-state index is 0.593. The van der Waals surface area contributed by atoms with Crippen LogP contribution >= 0.6 is 23.1 Å². The molecule has 0 spiro atoms. The number of thioether (sulfide) groups is 1. The van der Waals surface area contributed by atoms with Crippen LogP contribution in [0.25, 0.3) is 10.2 Å². The van der Waals surface area contributed by atoms with E-state index in [-0.39, 0.29) is 0 Å². The van der Waals surface area contributed by atoms with Gasteiger partial charge in [-0.05, 0) is 29.8 Å². The second kappa shape index (κ2) is 5.74. The van der Waals surface area contributed by atoms with E-state index in [4.69, 9.17) is 5.73 Å². The van der Waals surface area contributed by atoms with Crippen LogP contribution in [0.15, 0.2) is 53.4 Å². The van der Waals surface area contributed by atoms with Crippen molar-refractivity contribution in [3.05, 3.63) is 59.1 Å². The van der Waals surface area contributed by atoms with Crippen LogP contribution in [0.2, 0.25) is 0 Å². The fourth-order valence-corrected chi connectivity index (χ4v) is 3.83. The summed E-state index contributed by atoms with van der Waals surface area (Å²) in [6.07, 6.45) is 0. The maximum Gasteiger partial charge on any atom is 0.104 e. The average molecular weight is 286 g/mol. The first-order valence-corrected chi connectivity index (χ1v) is 7.91. The molecule has 2 aromatic carbocycles. The van der Waals surface area contributed by atoms with Gasteiger partial charge in [0.1, 0.15) is 5.01 Å². The number of fused-ring (bicyclic) bond motifs is 1. The molecule has 19 heavy (non-hydrogen) atoms. The molecule has 2 N–H and O–H groups in total. The number of thiazole rings is 1. The summed E-state index contributed by atoms with van der Waals surface area (Å²) in [7, 11) is 0. The van der Waals surface area contributed by atoms with Crippen LogP contribution in [0.3, 0.4) is 0 Å². The third kappa shape index (κ3) is 2.97. The largest absolute Gasteiger partial charge is 0.326 e. The molecule has 0 fully saturated rings. The Morgan fingerprint density at radius 2 is 2.00 bits per heavy atom. The van der Waals surface area contributed by atoms with Crippen molar-refractivity contribution < 1.29 is 0 Å². The highest BCUT2D eigenvalue weighted by atomic mass is 32.2. The lowest BCUT2D eigenvalue weighted by Gasteiger charge is -2.01. The van der Waals surface area contributed by atoms with E-state index >= 15 is 0 Å². The minimum Gasteiger partial charge on any atom is -0.326 e. The Morgan fingerprint density at radius 3 is 2.84 bits per heavy atom. The molecule has 3 rings (SSSR count). The Morgan fingerprint density at radius 1 is 1.11 bits per heavy atom. The second-order valence-electron chi connectivity index (χ2n) is 4.22. The number of hydrogen-bond donors (Lipinski definition) is 1. The number of rotatable bonds is 4. The molecule has 0 amide bonds. The summed E-state index contributed by atoms with van der Waals surface area (Å²) in [6, 6.07) is 16.7. The SMILES string of the molecule is NCc1cccc(SCc2nc3ccccc3s2)c1. The summed E-state index contributed by atoms with van der Waals surface area (Å²) in [5, 5.41) is 1.17. The molecule has 0 unspecified atom stereocenters. The summed E-state index contributed by atoms with van der Waals surface area (Å²) in [4.78, 5) is 5.90. The Kier molecular flexibility index (Phi) is 3.82. The number of nitrogens with zero attached hydrogens (tertiary/aromatic N) is 1. The van der Waals surface area contributed by atoms with Crippen molar-refractivity contribution in [1.82, 2.24) is 4.98 Å². The highest BCUT2D eigenvalue weighted by molar-refractivity contribution is 7.98. The van der Waals surface area contributed by atoms with Crippen molar-refractivity contribution in [2.45, 2.75) is 17.2 Å². The Bertz CT molecular complexity index is 658. The second-order valence-corrected chi connectivity index (χ2v) is 6.38. The number of aromatic nitrogens is 1. The van der Waals surface area contributed by atoms with Gasteiger partial charge in [-0.3, -0.25) is 0 Å². The Balaban J connectivity index is 1.74. The van der Waals surface area contributed by atoms with Crippen molar-refractivity contribution in [2.75, 3.05) is 0 Å². The molecule has 3 aromatic rings. The standard InChI is InChI=1S/C15H14N2S2/c16-9-11-4-3-5-12(8-11)18-10-15-17-13-6-1-2-7-14(13)19-15/h1-8H,9-10,16H2. The van der Waals surface area contributed by atoms with Crippen LogP contribution in [-0.2, 0) is 12.3 Å². The van der Waals surface area contributed by atoms with E-state index in [1.807, 2.05) is 17.8 Å². The fourth-order valence-electron chi connectivity index (χ4n) is 1.89. The molecule has 0 bridgehead atoms. The van der Waals surface area contributed by atoms with Gasteiger partial charge in [0.05, 0.1) is 16.0 Å². The van der Waals surface area contributed by atoms with E-state index in [1.54, 1.807) is 11.3 Å². The number of hydrogen-bond acceptors (Lipinski definition) is 4. The quantitative estimate of drug-likeness (QED) is 0.735. The third-order valence-electron chi connectivity index (χ3n) is 2.83.